The molecule has 1 heterocycles. The number of hydrogen-bond donors (Lipinski definition) is 2. The Morgan fingerprint density at radius 3 is 2.67 bits per heavy atom. The van der Waals surface area contributed by atoms with Crippen molar-refractivity contribution in [2.24, 2.45) is 0 Å². The van der Waals surface area contributed by atoms with Crippen LogP contribution in [0.5, 0.6) is 0 Å². The first kappa shape index (κ1) is 19.7. The Labute approximate surface area is 164 Å². The van der Waals surface area contributed by atoms with E-state index in [1.807, 2.05) is 6.92 Å². The maximum Gasteiger partial charge on any atom is 0.319 e. The lowest BCUT2D eigenvalue weighted by Gasteiger charge is -2.24. The standard InChI is InChI=1S/C19H22ClN3O3S/c1-14-7-9-18(10-8-14)27(25,26)23-11-3-6-17(23)13-21-19(24)22-16-5-2-4-15(20)12-16/h2,4-5,7-10,12,17H,3,6,11,13H2,1H3,(H2,21,22,24)/t17-/m1/s1. The molecule has 0 radical (unpaired) electrons. The third kappa shape index (κ3) is 4.80. The van der Waals surface area contributed by atoms with Gasteiger partial charge in [0.05, 0.1) is 4.90 Å². The van der Waals surface area contributed by atoms with E-state index in [2.05, 4.69) is 10.6 Å². The Balaban J connectivity index is 1.62. The molecule has 2 aromatic rings. The van der Waals surface area contributed by atoms with Gasteiger partial charge < -0.3 is 10.6 Å². The maximum absolute atomic E-state index is 12.9. The molecule has 1 aliphatic heterocycles. The van der Waals surface area contributed by atoms with Gasteiger partial charge in [-0.2, -0.15) is 4.31 Å². The molecule has 2 amide bonds. The largest absolute Gasteiger partial charge is 0.336 e. The molecule has 0 aromatic heterocycles. The summed E-state index contributed by atoms with van der Waals surface area (Å²) in [7, 11) is -3.57. The van der Waals surface area contributed by atoms with Gasteiger partial charge in [-0.3, -0.25) is 0 Å². The Kier molecular flexibility index (Phi) is 6.04. The highest BCUT2D eigenvalue weighted by molar-refractivity contribution is 7.89. The zero-order valence-corrected chi connectivity index (χ0v) is 16.6. The molecule has 2 N–H and O–H groups in total. The lowest BCUT2D eigenvalue weighted by molar-refractivity contribution is 0.249. The molecule has 3 rings (SSSR count). The lowest BCUT2D eigenvalue weighted by atomic mass is 10.2. The van der Waals surface area contributed by atoms with Crippen LogP contribution in [-0.2, 0) is 10.0 Å². The summed E-state index contributed by atoms with van der Waals surface area (Å²) < 4.78 is 27.3. The van der Waals surface area contributed by atoms with Gasteiger partial charge >= 0.3 is 6.03 Å². The van der Waals surface area contributed by atoms with Gasteiger partial charge in [0.25, 0.3) is 0 Å². The monoisotopic (exact) mass is 407 g/mol. The Morgan fingerprint density at radius 1 is 1.22 bits per heavy atom. The molecular weight excluding hydrogens is 386 g/mol. The fourth-order valence-electron chi connectivity index (χ4n) is 3.13. The highest BCUT2D eigenvalue weighted by Crippen LogP contribution is 2.26. The van der Waals surface area contributed by atoms with E-state index in [9.17, 15) is 13.2 Å². The Morgan fingerprint density at radius 2 is 1.96 bits per heavy atom. The zero-order valence-electron chi connectivity index (χ0n) is 15.0. The highest BCUT2D eigenvalue weighted by atomic mass is 35.5. The van der Waals surface area contributed by atoms with Crippen LogP contribution in [0.25, 0.3) is 0 Å². The summed E-state index contributed by atoms with van der Waals surface area (Å²) >= 11 is 5.90. The SMILES string of the molecule is Cc1ccc(S(=O)(=O)N2CCC[C@@H]2CNC(=O)Nc2cccc(Cl)c2)cc1. The van der Waals surface area contributed by atoms with E-state index in [0.29, 0.717) is 23.7 Å². The molecule has 0 unspecified atom stereocenters. The topological polar surface area (TPSA) is 78.5 Å². The van der Waals surface area contributed by atoms with Gasteiger partial charge in [-0.05, 0) is 50.1 Å². The van der Waals surface area contributed by atoms with Crippen molar-refractivity contribution >= 4 is 33.3 Å². The van der Waals surface area contributed by atoms with Gasteiger partial charge in [0.1, 0.15) is 0 Å². The van der Waals surface area contributed by atoms with E-state index in [4.69, 9.17) is 11.6 Å². The van der Waals surface area contributed by atoms with Crippen molar-refractivity contribution in [2.75, 3.05) is 18.4 Å². The molecule has 6 nitrogen and oxygen atoms in total. The number of rotatable bonds is 5. The average Bonchev–Trinajstić information content (AvgIpc) is 3.10. The number of anilines is 1. The molecule has 0 bridgehead atoms. The normalized spacial score (nSPS) is 17.6. The number of sulfonamides is 1. The maximum atomic E-state index is 12.9. The number of carbonyl (C=O) groups excluding carboxylic acids is 1. The zero-order chi connectivity index (χ0) is 19.4. The van der Waals surface area contributed by atoms with E-state index in [1.165, 1.54) is 4.31 Å². The molecule has 1 atom stereocenters. The number of hydrogen-bond acceptors (Lipinski definition) is 3. The van der Waals surface area contributed by atoms with E-state index >= 15 is 0 Å². The Bertz CT molecular complexity index is 916. The van der Waals surface area contributed by atoms with E-state index < -0.39 is 16.1 Å². The minimum Gasteiger partial charge on any atom is -0.336 e. The first-order chi connectivity index (χ1) is 12.9. The predicted molar refractivity (Wildman–Crippen MR) is 107 cm³/mol. The fraction of sp³-hybridized carbons (Fsp3) is 0.316. The van der Waals surface area contributed by atoms with Crippen LogP contribution in [0.3, 0.4) is 0 Å². The third-order valence-electron chi connectivity index (χ3n) is 4.53. The minimum atomic E-state index is -3.57. The van der Waals surface area contributed by atoms with Crippen LogP contribution in [0.1, 0.15) is 18.4 Å². The molecule has 8 heteroatoms. The molecule has 0 aliphatic carbocycles. The predicted octanol–water partition coefficient (Wildman–Crippen LogP) is 3.62. The summed E-state index contributed by atoms with van der Waals surface area (Å²) in [6.07, 6.45) is 1.48. The van der Waals surface area contributed by atoms with Crippen molar-refractivity contribution < 1.29 is 13.2 Å². The summed E-state index contributed by atoms with van der Waals surface area (Å²) in [6, 6.07) is 13.0. The third-order valence-corrected chi connectivity index (χ3v) is 6.73. The molecule has 27 heavy (non-hydrogen) atoms. The molecule has 0 saturated carbocycles. The number of aryl methyl sites for hydroxylation is 1. The highest BCUT2D eigenvalue weighted by Gasteiger charge is 2.35. The average molecular weight is 408 g/mol. The van der Waals surface area contributed by atoms with Crippen molar-refractivity contribution in [1.82, 2.24) is 9.62 Å². The van der Waals surface area contributed by atoms with Crippen molar-refractivity contribution in [3.8, 4) is 0 Å². The number of halogens is 1. The first-order valence-corrected chi connectivity index (χ1v) is 10.6. The number of carbonyl (C=O) groups is 1. The Hall–Kier alpha value is -2.09. The van der Waals surface area contributed by atoms with Crippen molar-refractivity contribution in [1.29, 1.82) is 0 Å². The number of urea groups is 1. The minimum absolute atomic E-state index is 0.248. The summed E-state index contributed by atoms with van der Waals surface area (Å²) in [6.45, 7) is 2.62. The number of benzene rings is 2. The van der Waals surface area contributed by atoms with Crippen LogP contribution in [0.2, 0.25) is 5.02 Å². The van der Waals surface area contributed by atoms with E-state index in [0.717, 1.165) is 12.0 Å². The molecule has 0 spiro atoms. The number of nitrogens with zero attached hydrogens (tertiary/aromatic N) is 1. The summed E-state index contributed by atoms with van der Waals surface area (Å²) in [4.78, 5) is 12.4. The van der Waals surface area contributed by atoms with Crippen LogP contribution in [-0.4, -0.2) is 37.9 Å². The van der Waals surface area contributed by atoms with Crippen LogP contribution < -0.4 is 10.6 Å². The van der Waals surface area contributed by atoms with Gasteiger partial charge in [0.15, 0.2) is 0 Å². The van der Waals surface area contributed by atoms with Crippen LogP contribution in [0.15, 0.2) is 53.4 Å². The second kappa shape index (κ2) is 8.29. The molecule has 1 saturated heterocycles. The number of amides is 2. The van der Waals surface area contributed by atoms with Crippen LogP contribution >= 0.6 is 11.6 Å². The fourth-order valence-corrected chi connectivity index (χ4v) is 5.01. The van der Waals surface area contributed by atoms with Gasteiger partial charge in [-0.25, -0.2) is 13.2 Å². The summed E-state index contributed by atoms with van der Waals surface area (Å²) in [5.41, 5.74) is 1.59. The van der Waals surface area contributed by atoms with Crippen molar-refractivity contribution in [2.45, 2.75) is 30.7 Å². The van der Waals surface area contributed by atoms with Crippen molar-refractivity contribution in [3.63, 3.8) is 0 Å². The van der Waals surface area contributed by atoms with Crippen molar-refractivity contribution in [3.05, 3.63) is 59.1 Å². The van der Waals surface area contributed by atoms with E-state index in [1.54, 1.807) is 48.5 Å². The lowest BCUT2D eigenvalue weighted by Crippen LogP contribution is -2.44. The molecular formula is C19H22ClN3O3S. The second-order valence-corrected chi connectivity index (χ2v) is 8.90. The molecule has 144 valence electrons. The van der Waals surface area contributed by atoms with Crippen LogP contribution in [0.4, 0.5) is 10.5 Å². The van der Waals surface area contributed by atoms with Gasteiger partial charge in [-0.1, -0.05) is 35.4 Å². The molecule has 1 fully saturated rings. The first-order valence-electron chi connectivity index (χ1n) is 8.75. The summed E-state index contributed by atoms with van der Waals surface area (Å²) in [5.74, 6) is 0. The molecule has 2 aromatic carbocycles. The second-order valence-electron chi connectivity index (χ2n) is 6.57. The summed E-state index contributed by atoms with van der Waals surface area (Å²) in [5, 5.41) is 5.98. The number of nitrogens with one attached hydrogen (secondary N) is 2. The van der Waals surface area contributed by atoms with Gasteiger partial charge in [-0.15, -0.1) is 0 Å². The van der Waals surface area contributed by atoms with Gasteiger partial charge in [0, 0.05) is 29.8 Å². The van der Waals surface area contributed by atoms with Crippen LogP contribution in [0, 0.1) is 6.92 Å². The quantitative estimate of drug-likeness (QED) is 0.794. The smallest absolute Gasteiger partial charge is 0.319 e. The molecule has 1 aliphatic rings. The van der Waals surface area contributed by atoms with Gasteiger partial charge in [0.2, 0.25) is 10.0 Å². The van der Waals surface area contributed by atoms with E-state index in [-0.39, 0.29) is 17.5 Å².